The number of carbonyl (C=O) groups is 2. The molecule has 19 heavy (non-hydrogen) atoms. The van der Waals surface area contributed by atoms with Gasteiger partial charge >= 0.3 is 11.9 Å². The molecule has 2 rings (SSSR count). The Hall–Kier alpha value is -2.11. The van der Waals surface area contributed by atoms with Gasteiger partial charge in [-0.2, -0.15) is 0 Å². The van der Waals surface area contributed by atoms with E-state index in [2.05, 4.69) is 4.98 Å². The Kier molecular flexibility index (Phi) is 3.69. The summed E-state index contributed by atoms with van der Waals surface area (Å²) in [7, 11) is 2.57. The second-order valence-electron chi connectivity index (χ2n) is 4.49. The van der Waals surface area contributed by atoms with Crippen molar-refractivity contribution in [2.75, 3.05) is 14.2 Å². The van der Waals surface area contributed by atoms with E-state index in [1.165, 1.54) is 20.3 Å². The van der Waals surface area contributed by atoms with E-state index in [-0.39, 0.29) is 12.0 Å². The summed E-state index contributed by atoms with van der Waals surface area (Å²) < 4.78 is 9.46. The van der Waals surface area contributed by atoms with Crippen LogP contribution in [0.2, 0.25) is 0 Å². The average molecular weight is 265 g/mol. The molecular formula is C13H15NO5. The number of pyridine rings is 1. The Labute approximate surface area is 109 Å². The number of esters is 2. The molecule has 0 saturated heterocycles. The van der Waals surface area contributed by atoms with Crippen molar-refractivity contribution in [1.82, 2.24) is 4.98 Å². The van der Waals surface area contributed by atoms with Gasteiger partial charge < -0.3 is 14.5 Å². The zero-order chi connectivity index (χ0) is 14.0. The van der Waals surface area contributed by atoms with E-state index in [0.29, 0.717) is 12.1 Å². The number of aromatic nitrogens is 1. The quantitative estimate of drug-likeness (QED) is 0.764. The fourth-order valence-corrected chi connectivity index (χ4v) is 2.46. The molecule has 102 valence electrons. The predicted molar refractivity (Wildman–Crippen MR) is 65.5 cm³/mol. The van der Waals surface area contributed by atoms with Gasteiger partial charge in [0.1, 0.15) is 0 Å². The van der Waals surface area contributed by atoms with E-state index in [1.807, 2.05) is 0 Å². The zero-order valence-corrected chi connectivity index (χ0v) is 10.8. The maximum absolute atomic E-state index is 11.8. The molecule has 0 unspecified atom stereocenters. The molecule has 0 aliphatic heterocycles. The molecule has 0 saturated carbocycles. The number of ether oxygens (including phenoxy) is 2. The number of fused-ring (bicyclic) bond motifs is 1. The summed E-state index contributed by atoms with van der Waals surface area (Å²) in [5.41, 5.74) is 1.32. The predicted octanol–water partition coefficient (Wildman–Crippen LogP) is 0.0519. The SMILES string of the molecule is COC(=O)[C@H]1Cc2[nH]c(=O)ccc2C[C@H]1C(=O)OC. The van der Waals surface area contributed by atoms with Crippen molar-refractivity contribution in [3.05, 3.63) is 33.7 Å². The highest BCUT2D eigenvalue weighted by molar-refractivity contribution is 5.83. The maximum atomic E-state index is 11.8. The number of H-pyrrole nitrogens is 1. The molecule has 0 radical (unpaired) electrons. The number of aromatic amines is 1. The number of methoxy groups -OCH3 is 2. The van der Waals surface area contributed by atoms with Crippen LogP contribution in [0.5, 0.6) is 0 Å². The average Bonchev–Trinajstić information content (AvgIpc) is 2.44. The first-order chi connectivity index (χ1) is 9.06. The lowest BCUT2D eigenvalue weighted by Crippen LogP contribution is -2.38. The Morgan fingerprint density at radius 3 is 2.26 bits per heavy atom. The first-order valence-corrected chi connectivity index (χ1v) is 5.93. The highest BCUT2D eigenvalue weighted by atomic mass is 16.5. The Morgan fingerprint density at radius 2 is 1.68 bits per heavy atom. The molecule has 6 nitrogen and oxygen atoms in total. The molecular weight excluding hydrogens is 250 g/mol. The van der Waals surface area contributed by atoms with Gasteiger partial charge in [-0.1, -0.05) is 6.07 Å². The van der Waals surface area contributed by atoms with Crippen LogP contribution in [-0.4, -0.2) is 31.1 Å². The van der Waals surface area contributed by atoms with Crippen LogP contribution in [-0.2, 0) is 31.9 Å². The number of rotatable bonds is 2. The van der Waals surface area contributed by atoms with E-state index in [1.54, 1.807) is 6.07 Å². The largest absolute Gasteiger partial charge is 0.469 e. The molecule has 6 heteroatoms. The molecule has 0 amide bonds. The van der Waals surface area contributed by atoms with Crippen molar-refractivity contribution in [3.63, 3.8) is 0 Å². The van der Waals surface area contributed by atoms with Gasteiger partial charge in [0.15, 0.2) is 0 Å². The smallest absolute Gasteiger partial charge is 0.309 e. The molecule has 1 N–H and O–H groups in total. The van der Waals surface area contributed by atoms with E-state index < -0.39 is 23.8 Å². The van der Waals surface area contributed by atoms with Gasteiger partial charge in [0.2, 0.25) is 5.56 Å². The van der Waals surface area contributed by atoms with Gasteiger partial charge in [0.05, 0.1) is 26.1 Å². The fraction of sp³-hybridized carbons (Fsp3) is 0.462. The maximum Gasteiger partial charge on any atom is 0.309 e. The standard InChI is InChI=1S/C13H15NO5/c1-18-12(16)8-5-7-3-4-11(15)14-10(7)6-9(8)13(17)19-2/h3-4,8-9H,5-6H2,1-2H3,(H,14,15)/t8-,9+/m1/s1. The van der Waals surface area contributed by atoms with E-state index >= 15 is 0 Å². The fourth-order valence-electron chi connectivity index (χ4n) is 2.46. The molecule has 1 heterocycles. The Bertz CT molecular complexity index is 562. The van der Waals surface area contributed by atoms with E-state index in [4.69, 9.17) is 9.47 Å². The van der Waals surface area contributed by atoms with Gasteiger partial charge in [0.25, 0.3) is 0 Å². The van der Waals surface area contributed by atoms with Crippen molar-refractivity contribution in [3.8, 4) is 0 Å². The minimum absolute atomic E-state index is 0.223. The highest BCUT2D eigenvalue weighted by Crippen LogP contribution is 2.30. The Morgan fingerprint density at radius 1 is 1.11 bits per heavy atom. The number of carbonyl (C=O) groups excluding carboxylic acids is 2. The lowest BCUT2D eigenvalue weighted by molar-refractivity contribution is -0.158. The van der Waals surface area contributed by atoms with Crippen molar-refractivity contribution >= 4 is 11.9 Å². The highest BCUT2D eigenvalue weighted by Gasteiger charge is 2.39. The van der Waals surface area contributed by atoms with Gasteiger partial charge in [-0.15, -0.1) is 0 Å². The summed E-state index contributed by atoms with van der Waals surface area (Å²) in [6, 6.07) is 3.09. The van der Waals surface area contributed by atoms with Crippen molar-refractivity contribution < 1.29 is 19.1 Å². The number of hydrogen-bond acceptors (Lipinski definition) is 5. The second kappa shape index (κ2) is 5.26. The second-order valence-corrected chi connectivity index (χ2v) is 4.49. The van der Waals surface area contributed by atoms with Gasteiger partial charge in [-0.05, 0) is 12.0 Å². The number of hydrogen-bond donors (Lipinski definition) is 1. The van der Waals surface area contributed by atoms with Crippen LogP contribution in [0.25, 0.3) is 0 Å². The van der Waals surface area contributed by atoms with Crippen molar-refractivity contribution in [2.45, 2.75) is 12.8 Å². The molecule has 2 atom stereocenters. The van der Waals surface area contributed by atoms with E-state index in [9.17, 15) is 14.4 Å². The Balaban J connectivity index is 2.39. The summed E-state index contributed by atoms with van der Waals surface area (Å²) in [6.45, 7) is 0. The van der Waals surface area contributed by atoms with Crippen LogP contribution < -0.4 is 5.56 Å². The van der Waals surface area contributed by atoms with Crippen molar-refractivity contribution in [1.29, 1.82) is 0 Å². The third-order valence-electron chi connectivity index (χ3n) is 3.46. The molecule has 0 aromatic carbocycles. The van der Waals surface area contributed by atoms with Gasteiger partial charge in [-0.3, -0.25) is 14.4 Å². The van der Waals surface area contributed by atoms with Crippen LogP contribution in [0.4, 0.5) is 0 Å². The van der Waals surface area contributed by atoms with Crippen LogP contribution in [0.1, 0.15) is 11.3 Å². The normalized spacial score (nSPS) is 21.4. The lowest BCUT2D eigenvalue weighted by atomic mass is 9.77. The first-order valence-electron chi connectivity index (χ1n) is 5.93. The van der Waals surface area contributed by atoms with Crippen molar-refractivity contribution in [2.24, 2.45) is 11.8 Å². The minimum Gasteiger partial charge on any atom is -0.469 e. The summed E-state index contributed by atoms with van der Waals surface area (Å²) >= 11 is 0. The molecule has 1 aromatic heterocycles. The zero-order valence-electron chi connectivity index (χ0n) is 10.8. The molecule has 0 spiro atoms. The molecule has 1 aromatic rings. The van der Waals surface area contributed by atoms with Crippen LogP contribution >= 0.6 is 0 Å². The topological polar surface area (TPSA) is 85.5 Å². The van der Waals surface area contributed by atoms with Crippen LogP contribution in [0, 0.1) is 11.8 Å². The number of nitrogens with one attached hydrogen (secondary N) is 1. The summed E-state index contributed by atoms with van der Waals surface area (Å²) in [5, 5.41) is 0. The van der Waals surface area contributed by atoms with Crippen LogP contribution in [0.3, 0.4) is 0 Å². The molecule has 0 bridgehead atoms. The lowest BCUT2D eigenvalue weighted by Gasteiger charge is -2.28. The summed E-state index contributed by atoms with van der Waals surface area (Å²) in [6.07, 6.45) is 0.635. The van der Waals surface area contributed by atoms with Crippen LogP contribution in [0.15, 0.2) is 16.9 Å². The monoisotopic (exact) mass is 265 g/mol. The third-order valence-corrected chi connectivity index (χ3v) is 3.46. The van der Waals surface area contributed by atoms with Gasteiger partial charge in [0, 0.05) is 18.2 Å². The third kappa shape index (κ3) is 2.52. The van der Waals surface area contributed by atoms with Gasteiger partial charge in [-0.25, -0.2) is 0 Å². The minimum atomic E-state index is -0.622. The summed E-state index contributed by atoms with van der Waals surface area (Å²) in [5.74, 6) is -2.10. The summed E-state index contributed by atoms with van der Waals surface area (Å²) in [4.78, 5) is 37.5. The van der Waals surface area contributed by atoms with E-state index in [0.717, 1.165) is 5.56 Å². The molecule has 1 aliphatic rings. The first kappa shape index (κ1) is 13.3. The molecule has 1 aliphatic carbocycles. The molecule has 0 fully saturated rings.